The SMILES string of the molecule is C[C@]1(OC(=O)/C=C/c2ccccc2)C[C@@H](O)[C@]2(O)C=CO[C@@H](OC3C[C@@H](O)C[C@@H](CO)O3)C12. The number of rotatable bonds is 6. The van der Waals surface area contributed by atoms with Crippen molar-refractivity contribution >= 4 is 12.0 Å². The number of hydrogen-bond donors (Lipinski definition) is 4. The molecule has 0 bridgehead atoms. The molecule has 1 aromatic rings. The van der Waals surface area contributed by atoms with Crippen molar-refractivity contribution in [3.8, 4) is 0 Å². The van der Waals surface area contributed by atoms with Crippen LogP contribution in [0.25, 0.3) is 6.08 Å². The van der Waals surface area contributed by atoms with E-state index in [-0.39, 0.29) is 25.9 Å². The molecule has 2 unspecified atom stereocenters. The molecule has 1 aliphatic carbocycles. The third-order valence-corrected chi connectivity index (χ3v) is 6.49. The quantitative estimate of drug-likeness (QED) is 0.359. The van der Waals surface area contributed by atoms with Gasteiger partial charge in [-0.05, 0) is 24.6 Å². The fourth-order valence-electron chi connectivity index (χ4n) is 4.91. The summed E-state index contributed by atoms with van der Waals surface area (Å²) in [5, 5.41) is 41.4. The Kier molecular flexibility index (Phi) is 6.90. The Morgan fingerprint density at radius 2 is 2.00 bits per heavy atom. The highest BCUT2D eigenvalue weighted by Crippen LogP contribution is 2.51. The van der Waals surface area contributed by atoms with Gasteiger partial charge in [0.25, 0.3) is 0 Å². The maximum absolute atomic E-state index is 12.6. The number of hydrogen-bond acceptors (Lipinski definition) is 9. The van der Waals surface area contributed by atoms with Crippen molar-refractivity contribution in [1.82, 2.24) is 0 Å². The average molecular weight is 462 g/mol. The minimum Gasteiger partial charge on any atom is -0.472 e. The molecule has 33 heavy (non-hydrogen) atoms. The molecule has 4 N–H and O–H groups in total. The fourth-order valence-corrected chi connectivity index (χ4v) is 4.91. The summed E-state index contributed by atoms with van der Waals surface area (Å²) >= 11 is 0. The maximum atomic E-state index is 12.6. The largest absolute Gasteiger partial charge is 0.472 e. The fraction of sp³-hybridized carbons (Fsp3) is 0.542. The van der Waals surface area contributed by atoms with Crippen molar-refractivity contribution < 1.29 is 44.2 Å². The van der Waals surface area contributed by atoms with Gasteiger partial charge in [0.15, 0.2) is 6.29 Å². The average Bonchev–Trinajstić information content (AvgIpc) is 2.98. The second-order valence-corrected chi connectivity index (χ2v) is 9.00. The van der Waals surface area contributed by atoms with E-state index >= 15 is 0 Å². The van der Waals surface area contributed by atoms with Gasteiger partial charge in [-0.3, -0.25) is 0 Å². The van der Waals surface area contributed by atoms with Gasteiger partial charge in [0, 0.05) is 25.3 Å². The van der Waals surface area contributed by atoms with Crippen molar-refractivity contribution in [3.63, 3.8) is 0 Å². The zero-order valence-electron chi connectivity index (χ0n) is 18.3. The first kappa shape index (κ1) is 23.9. The Bertz CT molecular complexity index is 887. The summed E-state index contributed by atoms with van der Waals surface area (Å²) < 4.78 is 22.9. The molecule has 2 aliphatic heterocycles. The van der Waals surface area contributed by atoms with Crippen LogP contribution in [0.5, 0.6) is 0 Å². The summed E-state index contributed by atoms with van der Waals surface area (Å²) in [5.41, 5.74) is -2.27. The lowest BCUT2D eigenvalue weighted by Crippen LogP contribution is -2.56. The zero-order valence-corrected chi connectivity index (χ0v) is 18.3. The van der Waals surface area contributed by atoms with Crippen LogP contribution in [-0.2, 0) is 23.7 Å². The number of ether oxygens (including phenoxy) is 4. The summed E-state index contributed by atoms with van der Waals surface area (Å²) in [5.74, 6) is -1.62. The molecule has 180 valence electrons. The van der Waals surface area contributed by atoms with Crippen molar-refractivity contribution in [2.75, 3.05) is 6.61 Å². The third-order valence-electron chi connectivity index (χ3n) is 6.49. The van der Waals surface area contributed by atoms with Gasteiger partial charge in [-0.15, -0.1) is 0 Å². The van der Waals surface area contributed by atoms with Crippen LogP contribution in [-0.4, -0.2) is 75.1 Å². The molecular formula is C24H30O9. The summed E-state index contributed by atoms with van der Waals surface area (Å²) in [7, 11) is 0. The summed E-state index contributed by atoms with van der Waals surface area (Å²) in [6.45, 7) is 1.33. The number of carbonyl (C=O) groups excluding carboxylic acids is 1. The van der Waals surface area contributed by atoms with Crippen LogP contribution in [0.1, 0.15) is 31.7 Å². The minimum atomic E-state index is -1.76. The van der Waals surface area contributed by atoms with Gasteiger partial charge in [-0.2, -0.15) is 0 Å². The predicted molar refractivity (Wildman–Crippen MR) is 115 cm³/mol. The van der Waals surface area contributed by atoms with E-state index in [9.17, 15) is 25.2 Å². The van der Waals surface area contributed by atoms with Crippen LogP contribution in [0.15, 0.2) is 48.7 Å². The van der Waals surface area contributed by atoms with Crippen molar-refractivity contribution in [2.45, 2.75) is 68.3 Å². The molecule has 1 saturated carbocycles. The standard InChI is InChI=1S/C24H30O9/c1-23(33-19(28)8-7-15-5-3-2-4-6-15)13-18(27)24(29)9-10-30-22(21(23)24)32-20-12-16(26)11-17(14-25)31-20/h2-10,16-18,20-22,25-27,29H,11-14H2,1H3/b8-7+/t16-,17-,18+,20?,21?,22-,23-,24+/m0/s1. The number of benzene rings is 1. The van der Waals surface area contributed by atoms with E-state index in [0.717, 1.165) is 5.56 Å². The molecule has 2 heterocycles. The van der Waals surface area contributed by atoms with Gasteiger partial charge in [0.05, 0.1) is 37.1 Å². The predicted octanol–water partition coefficient (Wildman–Crippen LogP) is 0.859. The first-order valence-corrected chi connectivity index (χ1v) is 11.0. The van der Waals surface area contributed by atoms with E-state index < -0.39 is 54.0 Å². The Labute approximate surface area is 191 Å². The van der Waals surface area contributed by atoms with Gasteiger partial charge in [0.1, 0.15) is 11.2 Å². The van der Waals surface area contributed by atoms with Crippen LogP contribution >= 0.6 is 0 Å². The Morgan fingerprint density at radius 3 is 2.73 bits per heavy atom. The van der Waals surface area contributed by atoms with E-state index in [1.54, 1.807) is 13.0 Å². The molecule has 0 aromatic heterocycles. The Balaban J connectivity index is 1.52. The summed E-state index contributed by atoms with van der Waals surface area (Å²) in [6.07, 6.45) is 1.22. The lowest BCUT2D eigenvalue weighted by molar-refractivity contribution is -0.311. The Hall–Kier alpha value is -2.27. The molecule has 1 saturated heterocycles. The number of fused-ring (bicyclic) bond motifs is 1. The van der Waals surface area contributed by atoms with Gasteiger partial charge in [-0.25, -0.2) is 4.79 Å². The van der Waals surface area contributed by atoms with E-state index in [1.165, 1.54) is 18.4 Å². The number of esters is 1. The zero-order chi connectivity index (χ0) is 23.6. The van der Waals surface area contributed by atoms with Crippen LogP contribution in [0.4, 0.5) is 0 Å². The van der Waals surface area contributed by atoms with Gasteiger partial charge >= 0.3 is 5.97 Å². The highest BCUT2D eigenvalue weighted by atomic mass is 16.8. The first-order chi connectivity index (χ1) is 15.7. The van der Waals surface area contributed by atoms with Crippen molar-refractivity contribution in [3.05, 3.63) is 54.3 Å². The number of carbonyl (C=O) groups is 1. The van der Waals surface area contributed by atoms with Gasteiger partial charge in [0.2, 0.25) is 6.29 Å². The second-order valence-electron chi connectivity index (χ2n) is 9.00. The molecule has 2 fully saturated rings. The molecule has 0 spiro atoms. The monoisotopic (exact) mass is 462 g/mol. The maximum Gasteiger partial charge on any atom is 0.331 e. The second kappa shape index (κ2) is 9.54. The van der Waals surface area contributed by atoms with E-state index in [2.05, 4.69) is 0 Å². The van der Waals surface area contributed by atoms with Crippen molar-refractivity contribution in [2.24, 2.45) is 5.92 Å². The topological polar surface area (TPSA) is 135 Å². The highest BCUT2D eigenvalue weighted by Gasteiger charge is 2.66. The minimum absolute atomic E-state index is 0.0416. The molecule has 3 aliphatic rings. The van der Waals surface area contributed by atoms with E-state index in [0.29, 0.717) is 0 Å². The van der Waals surface area contributed by atoms with Gasteiger partial charge < -0.3 is 39.4 Å². The smallest absolute Gasteiger partial charge is 0.331 e. The molecular weight excluding hydrogens is 432 g/mol. The van der Waals surface area contributed by atoms with Crippen LogP contribution in [0.3, 0.4) is 0 Å². The van der Waals surface area contributed by atoms with Crippen LogP contribution in [0.2, 0.25) is 0 Å². The molecule has 9 heteroatoms. The van der Waals surface area contributed by atoms with Crippen molar-refractivity contribution in [1.29, 1.82) is 0 Å². The summed E-state index contributed by atoms with van der Waals surface area (Å²) in [4.78, 5) is 12.6. The number of aliphatic hydroxyl groups is 4. The summed E-state index contributed by atoms with van der Waals surface area (Å²) in [6, 6.07) is 9.24. The highest BCUT2D eigenvalue weighted by molar-refractivity contribution is 5.87. The molecule has 8 atom stereocenters. The molecule has 0 radical (unpaired) electrons. The number of aliphatic hydroxyl groups excluding tert-OH is 3. The van der Waals surface area contributed by atoms with Crippen LogP contribution in [0, 0.1) is 5.92 Å². The molecule has 9 nitrogen and oxygen atoms in total. The molecule has 1 aromatic carbocycles. The lowest BCUT2D eigenvalue weighted by atomic mass is 9.81. The first-order valence-electron chi connectivity index (χ1n) is 11.0. The van der Waals surface area contributed by atoms with Gasteiger partial charge in [-0.1, -0.05) is 30.3 Å². The van der Waals surface area contributed by atoms with E-state index in [4.69, 9.17) is 18.9 Å². The lowest BCUT2D eigenvalue weighted by Gasteiger charge is -2.44. The Morgan fingerprint density at radius 1 is 1.24 bits per heavy atom. The molecule has 0 amide bonds. The van der Waals surface area contributed by atoms with Crippen LogP contribution < -0.4 is 0 Å². The molecule has 4 rings (SSSR count). The normalized spacial score (nSPS) is 40.4. The third kappa shape index (κ3) is 4.98. The van der Waals surface area contributed by atoms with E-state index in [1.807, 2.05) is 30.3 Å².